The minimum Gasteiger partial charge on any atom is -0.462 e. The van der Waals surface area contributed by atoms with Crippen LogP contribution in [0.5, 0.6) is 0 Å². The fraction of sp³-hybridized carbons (Fsp3) is 0.136. The largest absolute Gasteiger partial charge is 0.462 e. The second-order valence-electron chi connectivity index (χ2n) is 6.44. The summed E-state index contributed by atoms with van der Waals surface area (Å²) < 4.78 is 32.6. The van der Waals surface area contributed by atoms with Crippen molar-refractivity contribution in [2.24, 2.45) is 0 Å². The summed E-state index contributed by atoms with van der Waals surface area (Å²) in [5, 5.41) is 4.84. The second kappa shape index (κ2) is 8.20. The molecule has 2 heterocycles. The highest BCUT2D eigenvalue weighted by Gasteiger charge is 2.21. The maximum atomic E-state index is 13.0. The molecule has 0 saturated carbocycles. The van der Waals surface area contributed by atoms with E-state index in [4.69, 9.17) is 16.3 Å². The first-order chi connectivity index (χ1) is 14.5. The van der Waals surface area contributed by atoms with Gasteiger partial charge < -0.3 is 4.74 Å². The van der Waals surface area contributed by atoms with Gasteiger partial charge in [-0.1, -0.05) is 54.1 Å². The highest BCUT2D eigenvalue weighted by Crippen LogP contribution is 2.36. The Hall–Kier alpha value is -3.32. The van der Waals surface area contributed by atoms with E-state index >= 15 is 0 Å². The van der Waals surface area contributed by atoms with Crippen LogP contribution in [0, 0.1) is 0 Å². The Morgan fingerprint density at radius 2 is 1.83 bits per heavy atom. The average molecular weight is 428 g/mol. The number of benzene rings is 2. The van der Waals surface area contributed by atoms with Crippen molar-refractivity contribution in [1.82, 2.24) is 14.6 Å². The Bertz CT molecular complexity index is 1220. The Labute approximate surface area is 175 Å². The van der Waals surface area contributed by atoms with Gasteiger partial charge in [-0.2, -0.15) is 5.10 Å². The SMILES string of the molecule is CCOC(=O)c1cnn2c(-c3ccc(C(F)F)cc3)c(-c3ccccc3Cl)cnc12. The van der Waals surface area contributed by atoms with Crippen LogP contribution in [0.3, 0.4) is 0 Å². The standard InChI is InChI=1S/C22H16ClF2N3O2/c1-2-30-22(29)17-12-27-28-19(13-7-9-14(10-8-13)20(24)25)16(11-26-21(17)28)15-5-3-4-6-18(15)23/h3-12,20H,2H2,1H3. The molecule has 0 bridgehead atoms. The highest BCUT2D eigenvalue weighted by molar-refractivity contribution is 6.33. The van der Waals surface area contributed by atoms with Gasteiger partial charge in [-0.3, -0.25) is 0 Å². The van der Waals surface area contributed by atoms with E-state index in [2.05, 4.69) is 10.1 Å². The maximum Gasteiger partial charge on any atom is 0.343 e. The lowest BCUT2D eigenvalue weighted by Gasteiger charge is -2.14. The predicted octanol–water partition coefficient (Wildman–Crippen LogP) is 5.83. The third kappa shape index (κ3) is 3.52. The van der Waals surface area contributed by atoms with Gasteiger partial charge in [-0.25, -0.2) is 23.1 Å². The van der Waals surface area contributed by atoms with Crippen LogP contribution in [-0.4, -0.2) is 27.2 Å². The number of carbonyl (C=O) groups is 1. The van der Waals surface area contributed by atoms with E-state index in [1.54, 1.807) is 31.3 Å². The molecule has 0 aliphatic rings. The molecule has 152 valence electrons. The Kier molecular flexibility index (Phi) is 5.46. The van der Waals surface area contributed by atoms with Gasteiger partial charge in [0, 0.05) is 33.5 Å². The molecule has 4 rings (SSSR count). The summed E-state index contributed by atoms with van der Waals surface area (Å²) in [6, 6.07) is 13.1. The molecule has 0 radical (unpaired) electrons. The third-order valence-electron chi connectivity index (χ3n) is 4.62. The zero-order chi connectivity index (χ0) is 21.3. The maximum absolute atomic E-state index is 13.0. The lowest BCUT2D eigenvalue weighted by atomic mass is 9.99. The van der Waals surface area contributed by atoms with Gasteiger partial charge in [0.2, 0.25) is 0 Å². The summed E-state index contributed by atoms with van der Waals surface area (Å²) in [5.74, 6) is -0.538. The van der Waals surface area contributed by atoms with Crippen LogP contribution in [0.1, 0.15) is 29.3 Å². The van der Waals surface area contributed by atoms with Crippen molar-refractivity contribution in [3.05, 3.63) is 77.1 Å². The summed E-state index contributed by atoms with van der Waals surface area (Å²) >= 11 is 6.40. The van der Waals surface area contributed by atoms with Crippen LogP contribution in [0.2, 0.25) is 5.02 Å². The molecule has 4 aromatic rings. The topological polar surface area (TPSA) is 56.5 Å². The number of alkyl halides is 2. The molecule has 0 fully saturated rings. The number of hydrogen-bond donors (Lipinski definition) is 0. The van der Waals surface area contributed by atoms with E-state index < -0.39 is 12.4 Å². The number of rotatable bonds is 5. The Morgan fingerprint density at radius 1 is 1.10 bits per heavy atom. The van der Waals surface area contributed by atoms with E-state index in [9.17, 15) is 13.6 Å². The predicted molar refractivity (Wildman–Crippen MR) is 110 cm³/mol. The quantitative estimate of drug-likeness (QED) is 0.376. The lowest BCUT2D eigenvalue weighted by molar-refractivity contribution is 0.0528. The van der Waals surface area contributed by atoms with Crippen LogP contribution in [0.15, 0.2) is 60.9 Å². The molecule has 8 heteroatoms. The summed E-state index contributed by atoms with van der Waals surface area (Å²) in [4.78, 5) is 16.7. The van der Waals surface area contributed by atoms with Gasteiger partial charge in [0.1, 0.15) is 5.56 Å². The van der Waals surface area contributed by atoms with Crippen molar-refractivity contribution in [3.8, 4) is 22.4 Å². The Balaban J connectivity index is 1.99. The van der Waals surface area contributed by atoms with Gasteiger partial charge >= 0.3 is 5.97 Å². The van der Waals surface area contributed by atoms with Crippen molar-refractivity contribution in [1.29, 1.82) is 0 Å². The summed E-state index contributed by atoms with van der Waals surface area (Å²) in [7, 11) is 0. The van der Waals surface area contributed by atoms with Crippen LogP contribution in [-0.2, 0) is 4.74 Å². The van der Waals surface area contributed by atoms with Gasteiger partial charge in [0.05, 0.1) is 18.5 Å². The van der Waals surface area contributed by atoms with Crippen molar-refractivity contribution < 1.29 is 18.3 Å². The molecular weight excluding hydrogens is 412 g/mol. The van der Waals surface area contributed by atoms with Gasteiger partial charge in [0.25, 0.3) is 6.43 Å². The average Bonchev–Trinajstić information content (AvgIpc) is 3.18. The van der Waals surface area contributed by atoms with E-state index in [0.717, 1.165) is 0 Å². The van der Waals surface area contributed by atoms with Crippen LogP contribution in [0.25, 0.3) is 28.0 Å². The number of hydrogen-bond acceptors (Lipinski definition) is 4. The summed E-state index contributed by atoms with van der Waals surface area (Å²) in [6.45, 7) is 1.93. The zero-order valence-corrected chi connectivity index (χ0v) is 16.6. The van der Waals surface area contributed by atoms with Crippen molar-refractivity contribution in [3.63, 3.8) is 0 Å². The monoisotopic (exact) mass is 427 g/mol. The fourth-order valence-corrected chi connectivity index (χ4v) is 3.46. The van der Waals surface area contributed by atoms with Crippen molar-refractivity contribution >= 4 is 23.2 Å². The molecule has 0 spiro atoms. The number of fused-ring (bicyclic) bond motifs is 1. The number of carbonyl (C=O) groups excluding carboxylic acids is 1. The zero-order valence-electron chi connectivity index (χ0n) is 15.8. The van der Waals surface area contributed by atoms with Gasteiger partial charge in [0.15, 0.2) is 5.65 Å². The normalized spacial score (nSPS) is 11.2. The molecule has 0 atom stereocenters. The smallest absolute Gasteiger partial charge is 0.343 e. The lowest BCUT2D eigenvalue weighted by Crippen LogP contribution is -2.06. The van der Waals surface area contributed by atoms with Gasteiger partial charge in [-0.15, -0.1) is 0 Å². The first-order valence-electron chi connectivity index (χ1n) is 9.18. The van der Waals surface area contributed by atoms with Gasteiger partial charge in [-0.05, 0) is 13.0 Å². The number of esters is 1. The summed E-state index contributed by atoms with van der Waals surface area (Å²) in [6.07, 6.45) is 0.407. The van der Waals surface area contributed by atoms with E-state index in [0.29, 0.717) is 33.1 Å². The molecule has 0 amide bonds. The van der Waals surface area contributed by atoms with E-state index in [1.807, 2.05) is 18.2 Å². The third-order valence-corrected chi connectivity index (χ3v) is 4.95. The van der Waals surface area contributed by atoms with Crippen molar-refractivity contribution in [2.45, 2.75) is 13.3 Å². The molecule has 2 aromatic carbocycles. The summed E-state index contributed by atoms with van der Waals surface area (Å²) in [5.41, 5.74) is 2.98. The first-order valence-corrected chi connectivity index (χ1v) is 9.56. The molecule has 2 aromatic heterocycles. The minimum absolute atomic E-state index is 0.0870. The van der Waals surface area contributed by atoms with E-state index in [1.165, 1.54) is 22.8 Å². The number of halogens is 3. The molecular formula is C22H16ClF2N3O2. The minimum atomic E-state index is -2.57. The van der Waals surface area contributed by atoms with Crippen LogP contribution < -0.4 is 0 Å². The molecule has 0 N–H and O–H groups in total. The Morgan fingerprint density at radius 3 is 2.50 bits per heavy atom. The molecule has 5 nitrogen and oxygen atoms in total. The van der Waals surface area contributed by atoms with Crippen LogP contribution in [0.4, 0.5) is 8.78 Å². The fourth-order valence-electron chi connectivity index (χ4n) is 3.22. The van der Waals surface area contributed by atoms with Crippen LogP contribution >= 0.6 is 11.6 Å². The first kappa shape index (κ1) is 20.0. The number of ether oxygens (including phenoxy) is 1. The molecule has 0 unspecified atom stereocenters. The number of nitrogens with zero attached hydrogens (tertiary/aromatic N) is 3. The molecule has 0 saturated heterocycles. The molecule has 30 heavy (non-hydrogen) atoms. The highest BCUT2D eigenvalue weighted by atomic mass is 35.5. The molecule has 0 aliphatic carbocycles. The van der Waals surface area contributed by atoms with E-state index in [-0.39, 0.29) is 17.7 Å². The molecule has 0 aliphatic heterocycles. The number of aromatic nitrogens is 3. The second-order valence-corrected chi connectivity index (χ2v) is 6.84. The van der Waals surface area contributed by atoms with Crippen molar-refractivity contribution in [2.75, 3.05) is 6.61 Å².